The highest BCUT2D eigenvalue weighted by molar-refractivity contribution is 5.54. The van der Waals surface area contributed by atoms with E-state index in [9.17, 15) is 4.79 Å². The van der Waals surface area contributed by atoms with Crippen LogP contribution in [0.1, 0.15) is 50.0 Å². The maximum atomic E-state index is 11.1. The molecule has 0 spiro atoms. The summed E-state index contributed by atoms with van der Waals surface area (Å²) in [6.07, 6.45) is 7.93. The Balaban J connectivity index is 2.29. The van der Waals surface area contributed by atoms with Gasteiger partial charge < -0.3 is 14.3 Å². The summed E-state index contributed by atoms with van der Waals surface area (Å²) in [6.45, 7) is 0. The Morgan fingerprint density at radius 3 is 2.55 bits per heavy atom. The summed E-state index contributed by atoms with van der Waals surface area (Å²) in [5.41, 5.74) is 1.15. The molecule has 1 fully saturated rings. The van der Waals surface area contributed by atoms with Gasteiger partial charge in [0, 0.05) is 12.5 Å². The standard InChI is InChI=1S/C17H24O3/c1-19-14-8-9-16(17(12-14)20-2)15(10-11-18)13-6-4-3-5-7-13/h8-9,11-13,15H,3-7,10H2,1-2H3. The molecule has 1 aliphatic rings. The summed E-state index contributed by atoms with van der Waals surface area (Å²) in [5.74, 6) is 2.49. The second kappa shape index (κ2) is 7.32. The van der Waals surface area contributed by atoms with Gasteiger partial charge in [0.25, 0.3) is 0 Å². The van der Waals surface area contributed by atoms with Gasteiger partial charge in [-0.3, -0.25) is 0 Å². The SMILES string of the molecule is COc1ccc(C(CC=O)C2CCCCC2)c(OC)c1. The number of aldehydes is 1. The third-order valence-corrected chi connectivity index (χ3v) is 4.41. The Morgan fingerprint density at radius 2 is 1.95 bits per heavy atom. The molecule has 2 rings (SSSR count). The van der Waals surface area contributed by atoms with Crippen molar-refractivity contribution in [1.82, 2.24) is 0 Å². The van der Waals surface area contributed by atoms with E-state index in [-0.39, 0.29) is 5.92 Å². The van der Waals surface area contributed by atoms with Crippen molar-refractivity contribution < 1.29 is 14.3 Å². The molecule has 3 nitrogen and oxygen atoms in total. The third kappa shape index (κ3) is 3.33. The molecule has 110 valence electrons. The van der Waals surface area contributed by atoms with Crippen LogP contribution < -0.4 is 9.47 Å². The van der Waals surface area contributed by atoms with Gasteiger partial charge in [0.2, 0.25) is 0 Å². The minimum atomic E-state index is 0.272. The molecule has 0 bridgehead atoms. The van der Waals surface area contributed by atoms with Crippen LogP contribution in [-0.2, 0) is 4.79 Å². The van der Waals surface area contributed by atoms with E-state index in [2.05, 4.69) is 6.07 Å². The van der Waals surface area contributed by atoms with Crippen molar-refractivity contribution in [1.29, 1.82) is 0 Å². The van der Waals surface area contributed by atoms with Gasteiger partial charge >= 0.3 is 0 Å². The molecule has 1 unspecified atom stereocenters. The van der Waals surface area contributed by atoms with Gasteiger partial charge in [-0.15, -0.1) is 0 Å². The van der Waals surface area contributed by atoms with E-state index in [4.69, 9.17) is 9.47 Å². The first kappa shape index (κ1) is 14.9. The summed E-state index contributed by atoms with van der Waals surface area (Å²) in [4.78, 5) is 11.1. The fraction of sp³-hybridized carbons (Fsp3) is 0.588. The number of rotatable bonds is 6. The Bertz CT molecular complexity index is 436. The first-order chi connectivity index (χ1) is 9.80. The predicted molar refractivity (Wildman–Crippen MR) is 79.5 cm³/mol. The lowest BCUT2D eigenvalue weighted by Crippen LogP contribution is -2.17. The lowest BCUT2D eigenvalue weighted by Gasteiger charge is -2.30. The zero-order valence-electron chi connectivity index (χ0n) is 12.4. The van der Waals surface area contributed by atoms with Crippen LogP contribution in [0.25, 0.3) is 0 Å². The van der Waals surface area contributed by atoms with Crippen LogP contribution in [0, 0.1) is 5.92 Å². The van der Waals surface area contributed by atoms with Crippen molar-refractivity contribution >= 4 is 6.29 Å². The molecule has 0 N–H and O–H groups in total. The molecular weight excluding hydrogens is 252 g/mol. The second-order valence-corrected chi connectivity index (χ2v) is 5.51. The van der Waals surface area contributed by atoms with Gasteiger partial charge in [-0.2, -0.15) is 0 Å². The van der Waals surface area contributed by atoms with Gasteiger partial charge in [0.1, 0.15) is 17.8 Å². The lowest BCUT2D eigenvalue weighted by molar-refractivity contribution is -0.108. The Kier molecular flexibility index (Phi) is 5.45. The number of carbonyl (C=O) groups is 1. The summed E-state index contributed by atoms with van der Waals surface area (Å²) in [7, 11) is 3.33. The molecule has 0 heterocycles. The fourth-order valence-corrected chi connectivity index (χ4v) is 3.34. The van der Waals surface area contributed by atoms with Gasteiger partial charge in [0.05, 0.1) is 14.2 Å². The molecule has 0 radical (unpaired) electrons. The highest BCUT2D eigenvalue weighted by Crippen LogP contribution is 2.42. The van der Waals surface area contributed by atoms with Crippen LogP contribution in [0.3, 0.4) is 0 Å². The molecular formula is C17H24O3. The second-order valence-electron chi connectivity index (χ2n) is 5.51. The van der Waals surface area contributed by atoms with Crippen molar-refractivity contribution in [2.45, 2.75) is 44.4 Å². The zero-order valence-corrected chi connectivity index (χ0v) is 12.4. The average molecular weight is 276 g/mol. The molecule has 0 saturated heterocycles. The number of ether oxygens (including phenoxy) is 2. The number of benzene rings is 1. The van der Waals surface area contributed by atoms with Gasteiger partial charge in [-0.1, -0.05) is 25.3 Å². The number of carbonyl (C=O) groups excluding carboxylic acids is 1. The molecule has 1 aromatic rings. The molecule has 1 aromatic carbocycles. The minimum Gasteiger partial charge on any atom is -0.497 e. The van der Waals surface area contributed by atoms with E-state index in [0.717, 1.165) is 23.3 Å². The van der Waals surface area contributed by atoms with Crippen molar-refractivity contribution in [2.75, 3.05) is 14.2 Å². The van der Waals surface area contributed by atoms with E-state index in [1.54, 1.807) is 14.2 Å². The number of hydrogen-bond acceptors (Lipinski definition) is 3. The van der Waals surface area contributed by atoms with Crippen molar-refractivity contribution in [3.8, 4) is 11.5 Å². The Morgan fingerprint density at radius 1 is 1.20 bits per heavy atom. The van der Waals surface area contributed by atoms with Crippen molar-refractivity contribution in [3.63, 3.8) is 0 Å². The molecule has 1 aliphatic carbocycles. The largest absolute Gasteiger partial charge is 0.497 e. The third-order valence-electron chi connectivity index (χ3n) is 4.41. The molecule has 20 heavy (non-hydrogen) atoms. The van der Waals surface area contributed by atoms with Crippen molar-refractivity contribution in [2.24, 2.45) is 5.92 Å². The van der Waals surface area contributed by atoms with Crippen molar-refractivity contribution in [3.05, 3.63) is 23.8 Å². The fourth-order valence-electron chi connectivity index (χ4n) is 3.34. The molecule has 1 saturated carbocycles. The predicted octanol–water partition coefficient (Wildman–Crippen LogP) is 3.96. The van der Waals surface area contributed by atoms with E-state index < -0.39 is 0 Å². The lowest BCUT2D eigenvalue weighted by atomic mass is 9.75. The minimum absolute atomic E-state index is 0.272. The van der Waals surface area contributed by atoms with Crippen LogP contribution >= 0.6 is 0 Å². The monoisotopic (exact) mass is 276 g/mol. The Hall–Kier alpha value is -1.51. The molecule has 0 aliphatic heterocycles. The first-order valence-electron chi connectivity index (χ1n) is 7.45. The van der Waals surface area contributed by atoms with E-state index in [0.29, 0.717) is 12.3 Å². The summed E-state index contributed by atoms with van der Waals surface area (Å²) in [6, 6.07) is 5.93. The normalized spacial score (nSPS) is 17.5. The number of methoxy groups -OCH3 is 2. The quantitative estimate of drug-likeness (QED) is 0.738. The topological polar surface area (TPSA) is 35.5 Å². The van der Waals surface area contributed by atoms with Gasteiger partial charge in [0.15, 0.2) is 0 Å². The summed E-state index contributed by atoms with van der Waals surface area (Å²) in [5, 5.41) is 0. The van der Waals surface area contributed by atoms with E-state index in [1.165, 1.54) is 32.1 Å². The highest BCUT2D eigenvalue weighted by Gasteiger charge is 2.27. The van der Waals surface area contributed by atoms with Crippen LogP contribution in [0.5, 0.6) is 11.5 Å². The molecule has 0 amide bonds. The van der Waals surface area contributed by atoms with Crippen LogP contribution in [0.4, 0.5) is 0 Å². The summed E-state index contributed by atoms with van der Waals surface area (Å²) >= 11 is 0. The van der Waals surface area contributed by atoms with Crippen LogP contribution in [-0.4, -0.2) is 20.5 Å². The molecule has 3 heteroatoms. The van der Waals surface area contributed by atoms with Crippen LogP contribution in [0.15, 0.2) is 18.2 Å². The molecule has 1 atom stereocenters. The van der Waals surface area contributed by atoms with Gasteiger partial charge in [-0.25, -0.2) is 0 Å². The Labute approximate surface area is 121 Å². The maximum absolute atomic E-state index is 11.1. The summed E-state index contributed by atoms with van der Waals surface area (Å²) < 4.78 is 10.8. The van der Waals surface area contributed by atoms with E-state index in [1.807, 2.05) is 12.1 Å². The maximum Gasteiger partial charge on any atom is 0.126 e. The number of hydrogen-bond donors (Lipinski definition) is 0. The average Bonchev–Trinajstić information content (AvgIpc) is 2.53. The zero-order chi connectivity index (χ0) is 14.4. The smallest absolute Gasteiger partial charge is 0.126 e. The van der Waals surface area contributed by atoms with E-state index >= 15 is 0 Å². The highest BCUT2D eigenvalue weighted by atomic mass is 16.5. The first-order valence-corrected chi connectivity index (χ1v) is 7.45. The van der Waals surface area contributed by atoms with Crippen LogP contribution in [0.2, 0.25) is 0 Å². The van der Waals surface area contributed by atoms with Gasteiger partial charge in [-0.05, 0) is 36.3 Å². The molecule has 0 aromatic heterocycles.